The van der Waals surface area contributed by atoms with Gasteiger partial charge in [-0.1, -0.05) is 12.1 Å². The standard InChI is InChI=1S/C18H26N2O3/c1-12-5-6-13(2)18(14(12)3)23-11-17(22)19-16-7-9-20(10-8-16)15(4)21/h5-6,16H,7-11H2,1-4H3,(H,19,22). The molecule has 1 N–H and O–H groups in total. The van der Waals surface area contributed by atoms with Crippen molar-refractivity contribution in [1.82, 2.24) is 10.2 Å². The lowest BCUT2D eigenvalue weighted by Crippen LogP contribution is -2.47. The molecule has 0 aliphatic carbocycles. The lowest BCUT2D eigenvalue weighted by Gasteiger charge is -2.31. The monoisotopic (exact) mass is 318 g/mol. The van der Waals surface area contributed by atoms with Gasteiger partial charge in [-0.3, -0.25) is 9.59 Å². The van der Waals surface area contributed by atoms with Gasteiger partial charge < -0.3 is 15.0 Å². The van der Waals surface area contributed by atoms with Crippen LogP contribution < -0.4 is 10.1 Å². The molecule has 1 aromatic rings. The second-order valence-electron chi connectivity index (χ2n) is 6.29. The maximum Gasteiger partial charge on any atom is 0.258 e. The summed E-state index contributed by atoms with van der Waals surface area (Å²) in [4.78, 5) is 25.2. The zero-order chi connectivity index (χ0) is 17.0. The van der Waals surface area contributed by atoms with Gasteiger partial charge >= 0.3 is 0 Å². The predicted molar refractivity (Wildman–Crippen MR) is 89.6 cm³/mol. The minimum Gasteiger partial charge on any atom is -0.483 e. The van der Waals surface area contributed by atoms with Gasteiger partial charge in [-0.25, -0.2) is 0 Å². The Kier molecular flexibility index (Phi) is 5.64. The van der Waals surface area contributed by atoms with Crippen LogP contribution in [0.4, 0.5) is 0 Å². The minimum atomic E-state index is -0.105. The second-order valence-corrected chi connectivity index (χ2v) is 6.29. The number of likely N-dealkylation sites (tertiary alicyclic amines) is 1. The average molecular weight is 318 g/mol. The van der Waals surface area contributed by atoms with Crippen LogP contribution >= 0.6 is 0 Å². The van der Waals surface area contributed by atoms with Crippen LogP contribution in [0.3, 0.4) is 0 Å². The van der Waals surface area contributed by atoms with Gasteiger partial charge in [0.1, 0.15) is 5.75 Å². The molecule has 5 nitrogen and oxygen atoms in total. The molecule has 0 unspecified atom stereocenters. The molecule has 1 aromatic carbocycles. The molecule has 1 aliphatic heterocycles. The number of carbonyl (C=O) groups excluding carboxylic acids is 2. The van der Waals surface area contributed by atoms with Crippen molar-refractivity contribution < 1.29 is 14.3 Å². The Morgan fingerprint density at radius 3 is 2.39 bits per heavy atom. The molecule has 2 rings (SSSR count). The summed E-state index contributed by atoms with van der Waals surface area (Å²) in [5, 5.41) is 3.00. The molecule has 0 aromatic heterocycles. The van der Waals surface area contributed by atoms with Crippen molar-refractivity contribution in [3.8, 4) is 5.75 Å². The van der Waals surface area contributed by atoms with E-state index in [4.69, 9.17) is 4.74 Å². The van der Waals surface area contributed by atoms with Gasteiger partial charge in [0.25, 0.3) is 5.91 Å². The van der Waals surface area contributed by atoms with Crippen LogP contribution in [0.5, 0.6) is 5.75 Å². The summed E-state index contributed by atoms with van der Waals surface area (Å²) < 4.78 is 5.73. The predicted octanol–water partition coefficient (Wildman–Crippen LogP) is 2.12. The number of amides is 2. The SMILES string of the molecule is CC(=O)N1CCC(NC(=O)COc2c(C)ccc(C)c2C)CC1. The summed E-state index contributed by atoms with van der Waals surface area (Å²) in [6, 6.07) is 4.19. The van der Waals surface area contributed by atoms with Crippen molar-refractivity contribution in [2.45, 2.75) is 46.6 Å². The van der Waals surface area contributed by atoms with E-state index in [2.05, 4.69) is 11.4 Å². The van der Waals surface area contributed by atoms with Gasteiger partial charge in [0, 0.05) is 26.1 Å². The third-order valence-corrected chi connectivity index (χ3v) is 4.53. The Hall–Kier alpha value is -2.04. The van der Waals surface area contributed by atoms with Crippen LogP contribution in [0.2, 0.25) is 0 Å². The van der Waals surface area contributed by atoms with E-state index >= 15 is 0 Å². The Labute approximate surface area is 138 Å². The van der Waals surface area contributed by atoms with Crippen molar-refractivity contribution in [2.24, 2.45) is 0 Å². The Bertz CT molecular complexity index is 590. The molecule has 0 spiro atoms. The maximum atomic E-state index is 12.1. The summed E-state index contributed by atoms with van der Waals surface area (Å²) in [7, 11) is 0. The number of hydrogen-bond acceptors (Lipinski definition) is 3. The van der Waals surface area contributed by atoms with E-state index in [-0.39, 0.29) is 24.5 Å². The first-order chi connectivity index (χ1) is 10.9. The third kappa shape index (κ3) is 4.47. The van der Waals surface area contributed by atoms with Gasteiger partial charge in [-0.05, 0) is 50.3 Å². The number of carbonyl (C=O) groups is 2. The molecule has 1 heterocycles. The Morgan fingerprint density at radius 2 is 1.78 bits per heavy atom. The number of piperidine rings is 1. The normalized spacial score (nSPS) is 15.4. The smallest absolute Gasteiger partial charge is 0.258 e. The van der Waals surface area contributed by atoms with E-state index in [0.29, 0.717) is 13.1 Å². The molecule has 1 saturated heterocycles. The minimum absolute atomic E-state index is 0.0258. The first kappa shape index (κ1) is 17.3. The van der Waals surface area contributed by atoms with E-state index in [0.717, 1.165) is 35.3 Å². The van der Waals surface area contributed by atoms with Crippen LogP contribution in [0.1, 0.15) is 36.5 Å². The third-order valence-electron chi connectivity index (χ3n) is 4.53. The number of aryl methyl sites for hydroxylation is 2. The maximum absolute atomic E-state index is 12.1. The van der Waals surface area contributed by atoms with Gasteiger partial charge in [0.2, 0.25) is 5.91 Å². The topological polar surface area (TPSA) is 58.6 Å². The Balaban J connectivity index is 1.83. The summed E-state index contributed by atoms with van der Waals surface area (Å²) in [6.45, 7) is 9.04. The van der Waals surface area contributed by atoms with E-state index in [1.54, 1.807) is 6.92 Å². The zero-order valence-corrected chi connectivity index (χ0v) is 14.4. The Morgan fingerprint density at radius 1 is 1.17 bits per heavy atom. The molecular weight excluding hydrogens is 292 g/mol. The lowest BCUT2D eigenvalue weighted by atomic mass is 10.0. The summed E-state index contributed by atoms with van der Waals surface area (Å²) in [5.41, 5.74) is 3.27. The lowest BCUT2D eigenvalue weighted by molar-refractivity contribution is -0.130. The second kappa shape index (κ2) is 7.49. The van der Waals surface area contributed by atoms with Gasteiger partial charge in [-0.15, -0.1) is 0 Å². The quantitative estimate of drug-likeness (QED) is 0.925. The number of benzene rings is 1. The fourth-order valence-corrected chi connectivity index (χ4v) is 2.89. The number of nitrogens with zero attached hydrogens (tertiary/aromatic N) is 1. The first-order valence-electron chi connectivity index (χ1n) is 8.13. The molecule has 0 saturated carbocycles. The van der Waals surface area contributed by atoms with Crippen molar-refractivity contribution in [1.29, 1.82) is 0 Å². The van der Waals surface area contributed by atoms with E-state index in [9.17, 15) is 9.59 Å². The van der Waals surface area contributed by atoms with E-state index < -0.39 is 0 Å². The molecule has 0 bridgehead atoms. The van der Waals surface area contributed by atoms with Crippen LogP contribution in [-0.4, -0.2) is 42.5 Å². The van der Waals surface area contributed by atoms with Gasteiger partial charge in [0.15, 0.2) is 6.61 Å². The van der Waals surface area contributed by atoms with E-state index in [1.807, 2.05) is 31.7 Å². The van der Waals surface area contributed by atoms with Crippen LogP contribution in [0, 0.1) is 20.8 Å². The first-order valence-corrected chi connectivity index (χ1v) is 8.13. The molecule has 2 amide bonds. The van der Waals surface area contributed by atoms with E-state index in [1.165, 1.54) is 0 Å². The van der Waals surface area contributed by atoms with Gasteiger partial charge in [0.05, 0.1) is 0 Å². The molecule has 1 fully saturated rings. The average Bonchev–Trinajstić information content (AvgIpc) is 2.51. The highest BCUT2D eigenvalue weighted by molar-refractivity contribution is 5.78. The molecule has 0 radical (unpaired) electrons. The molecule has 5 heteroatoms. The summed E-state index contributed by atoms with van der Waals surface area (Å²) in [5.74, 6) is 0.793. The molecular formula is C18H26N2O3. The largest absolute Gasteiger partial charge is 0.483 e. The van der Waals surface area contributed by atoms with Crippen molar-refractivity contribution in [3.63, 3.8) is 0 Å². The fraction of sp³-hybridized carbons (Fsp3) is 0.556. The van der Waals surface area contributed by atoms with Crippen LogP contribution in [0.15, 0.2) is 12.1 Å². The van der Waals surface area contributed by atoms with Crippen LogP contribution in [-0.2, 0) is 9.59 Å². The van der Waals surface area contributed by atoms with Crippen LogP contribution in [0.25, 0.3) is 0 Å². The van der Waals surface area contributed by atoms with Crippen molar-refractivity contribution in [2.75, 3.05) is 19.7 Å². The molecule has 0 atom stereocenters. The molecule has 126 valence electrons. The van der Waals surface area contributed by atoms with Gasteiger partial charge in [-0.2, -0.15) is 0 Å². The highest BCUT2D eigenvalue weighted by Crippen LogP contribution is 2.25. The summed E-state index contributed by atoms with van der Waals surface area (Å²) >= 11 is 0. The molecule has 1 aliphatic rings. The highest BCUT2D eigenvalue weighted by atomic mass is 16.5. The highest BCUT2D eigenvalue weighted by Gasteiger charge is 2.22. The number of rotatable bonds is 4. The number of ether oxygens (including phenoxy) is 1. The molecule has 23 heavy (non-hydrogen) atoms. The number of nitrogens with one attached hydrogen (secondary N) is 1. The number of hydrogen-bond donors (Lipinski definition) is 1. The zero-order valence-electron chi connectivity index (χ0n) is 14.4. The van der Waals surface area contributed by atoms with Crippen molar-refractivity contribution in [3.05, 3.63) is 28.8 Å². The summed E-state index contributed by atoms with van der Waals surface area (Å²) in [6.07, 6.45) is 1.60. The fourth-order valence-electron chi connectivity index (χ4n) is 2.89. The van der Waals surface area contributed by atoms with Crippen molar-refractivity contribution >= 4 is 11.8 Å².